The van der Waals surface area contributed by atoms with E-state index >= 15 is 0 Å². The second kappa shape index (κ2) is 12.4. The molecular formula is C23H29NO5S. The Morgan fingerprint density at radius 1 is 1.03 bits per heavy atom. The molecular weight excluding hydrogens is 402 g/mol. The van der Waals surface area contributed by atoms with Gasteiger partial charge in [0.15, 0.2) is 6.10 Å². The molecule has 0 spiro atoms. The summed E-state index contributed by atoms with van der Waals surface area (Å²) in [4.78, 5) is 26.6. The van der Waals surface area contributed by atoms with Crippen molar-refractivity contribution in [3.05, 3.63) is 64.7 Å². The van der Waals surface area contributed by atoms with E-state index in [0.29, 0.717) is 28.8 Å². The quantitative estimate of drug-likeness (QED) is 0.280. The Hall–Kier alpha value is -2.35. The highest BCUT2D eigenvalue weighted by Crippen LogP contribution is 2.26. The molecule has 6 nitrogen and oxygen atoms in total. The van der Waals surface area contributed by atoms with Crippen molar-refractivity contribution in [2.45, 2.75) is 50.4 Å². The van der Waals surface area contributed by atoms with Crippen molar-refractivity contribution in [3.8, 4) is 0 Å². The molecule has 0 aliphatic heterocycles. The van der Waals surface area contributed by atoms with Crippen molar-refractivity contribution >= 4 is 23.6 Å². The molecule has 30 heavy (non-hydrogen) atoms. The molecule has 162 valence electrons. The van der Waals surface area contributed by atoms with E-state index < -0.39 is 12.2 Å². The zero-order chi connectivity index (χ0) is 21.9. The number of ether oxygens (including phenoxy) is 1. The standard InChI is InChI=1S/C23H29NO5S/c1-3-4-5-10-24-23(28)29-22(19-12-16(14-25)11-17(13-19)15-26)21(27)18-6-8-20(30-2)9-7-18/h6-9,11-13,22,25-26H,3-5,10,14-15H2,1-2H3,(H,24,28). The maximum absolute atomic E-state index is 13.2. The minimum atomic E-state index is -1.19. The maximum atomic E-state index is 13.2. The monoisotopic (exact) mass is 431 g/mol. The topological polar surface area (TPSA) is 95.9 Å². The first-order chi connectivity index (χ1) is 14.5. The number of carbonyl (C=O) groups is 2. The minimum absolute atomic E-state index is 0.257. The second-order valence-electron chi connectivity index (χ2n) is 6.91. The molecule has 0 aromatic heterocycles. The summed E-state index contributed by atoms with van der Waals surface area (Å²) in [6, 6.07) is 11.9. The molecule has 0 fully saturated rings. The van der Waals surface area contributed by atoms with Crippen LogP contribution in [0.15, 0.2) is 47.4 Å². The molecule has 1 amide bonds. The zero-order valence-corrected chi connectivity index (χ0v) is 18.2. The van der Waals surface area contributed by atoms with Crippen molar-refractivity contribution in [3.63, 3.8) is 0 Å². The second-order valence-corrected chi connectivity index (χ2v) is 7.79. The maximum Gasteiger partial charge on any atom is 0.408 e. The SMILES string of the molecule is CCCCCNC(=O)OC(C(=O)c1ccc(SC)cc1)c1cc(CO)cc(CO)c1. The number of thioether (sulfide) groups is 1. The van der Waals surface area contributed by atoms with Gasteiger partial charge in [0, 0.05) is 22.6 Å². The molecule has 2 aromatic rings. The lowest BCUT2D eigenvalue weighted by Gasteiger charge is -2.19. The van der Waals surface area contributed by atoms with Crippen LogP contribution in [0.3, 0.4) is 0 Å². The van der Waals surface area contributed by atoms with Gasteiger partial charge in [-0.05, 0) is 48.1 Å². The summed E-state index contributed by atoms with van der Waals surface area (Å²) in [6.07, 6.45) is 2.93. The van der Waals surface area contributed by atoms with Crippen LogP contribution in [-0.2, 0) is 18.0 Å². The largest absolute Gasteiger partial charge is 0.433 e. The van der Waals surface area contributed by atoms with E-state index in [9.17, 15) is 19.8 Å². The molecule has 0 radical (unpaired) electrons. The highest BCUT2D eigenvalue weighted by molar-refractivity contribution is 7.98. The molecule has 3 N–H and O–H groups in total. The van der Waals surface area contributed by atoms with Crippen molar-refractivity contribution < 1.29 is 24.5 Å². The Balaban J connectivity index is 2.31. The molecule has 0 saturated carbocycles. The summed E-state index contributed by atoms with van der Waals surface area (Å²) in [5.41, 5.74) is 1.88. The van der Waals surface area contributed by atoms with Gasteiger partial charge in [-0.3, -0.25) is 4.79 Å². The Kier molecular flexibility index (Phi) is 9.86. The predicted octanol–water partition coefficient (Wildman–Crippen LogP) is 4.23. The predicted molar refractivity (Wildman–Crippen MR) is 118 cm³/mol. The number of hydrogen-bond acceptors (Lipinski definition) is 6. The van der Waals surface area contributed by atoms with Gasteiger partial charge in [0.25, 0.3) is 0 Å². The van der Waals surface area contributed by atoms with Crippen molar-refractivity contribution in [1.29, 1.82) is 0 Å². The summed E-state index contributed by atoms with van der Waals surface area (Å²) >= 11 is 1.57. The van der Waals surface area contributed by atoms with Crippen LogP contribution in [0.5, 0.6) is 0 Å². The lowest BCUT2D eigenvalue weighted by molar-refractivity contribution is 0.0627. The van der Waals surface area contributed by atoms with Crippen molar-refractivity contribution in [1.82, 2.24) is 5.32 Å². The Morgan fingerprint density at radius 3 is 2.20 bits per heavy atom. The Bertz CT molecular complexity index is 816. The number of Topliss-reactive ketones (excluding diaryl/α,β-unsaturated/α-hetero) is 1. The van der Waals surface area contributed by atoms with E-state index in [4.69, 9.17) is 4.74 Å². The molecule has 0 bridgehead atoms. The molecule has 0 heterocycles. The number of nitrogens with one attached hydrogen (secondary N) is 1. The fourth-order valence-electron chi connectivity index (χ4n) is 3.02. The number of carbonyl (C=O) groups excluding carboxylic acids is 2. The Morgan fingerprint density at radius 2 is 1.67 bits per heavy atom. The molecule has 1 unspecified atom stereocenters. The number of alkyl carbamates (subject to hydrolysis) is 1. The van der Waals surface area contributed by atoms with E-state index in [1.54, 1.807) is 42.1 Å². The summed E-state index contributed by atoms with van der Waals surface area (Å²) < 4.78 is 5.52. The molecule has 7 heteroatoms. The van der Waals surface area contributed by atoms with Crippen LogP contribution in [-0.4, -0.2) is 34.9 Å². The first-order valence-corrected chi connectivity index (χ1v) is 11.2. The molecule has 2 rings (SSSR count). The fraction of sp³-hybridized carbons (Fsp3) is 0.391. The smallest absolute Gasteiger partial charge is 0.408 e. The number of rotatable bonds is 11. The van der Waals surface area contributed by atoms with Crippen molar-refractivity contribution in [2.24, 2.45) is 0 Å². The number of unbranched alkanes of at least 4 members (excludes halogenated alkanes) is 2. The minimum Gasteiger partial charge on any atom is -0.433 e. The summed E-state index contributed by atoms with van der Waals surface area (Å²) in [7, 11) is 0. The van der Waals surface area contributed by atoms with Crippen molar-refractivity contribution in [2.75, 3.05) is 12.8 Å². The fourth-order valence-corrected chi connectivity index (χ4v) is 3.43. The van der Waals surface area contributed by atoms with Crippen LogP contribution in [0.4, 0.5) is 4.79 Å². The van der Waals surface area contributed by atoms with Crippen LogP contribution < -0.4 is 5.32 Å². The van der Waals surface area contributed by atoms with E-state index in [1.165, 1.54) is 0 Å². The molecule has 1 atom stereocenters. The molecule has 0 aliphatic carbocycles. The molecule has 0 saturated heterocycles. The number of aliphatic hydroxyl groups excluding tert-OH is 2. The van der Waals surface area contributed by atoms with Gasteiger partial charge in [-0.2, -0.15) is 0 Å². The highest BCUT2D eigenvalue weighted by Gasteiger charge is 2.27. The van der Waals surface area contributed by atoms with E-state index in [-0.39, 0.29) is 19.0 Å². The van der Waals surface area contributed by atoms with E-state index in [0.717, 1.165) is 24.2 Å². The number of aliphatic hydroxyl groups is 2. The third-order valence-corrected chi connectivity index (χ3v) is 5.37. The van der Waals surface area contributed by atoms with Crippen LogP contribution in [0, 0.1) is 0 Å². The van der Waals surface area contributed by atoms with Gasteiger partial charge in [0.05, 0.1) is 13.2 Å². The average Bonchev–Trinajstić information content (AvgIpc) is 2.79. The number of hydrogen-bond donors (Lipinski definition) is 3. The number of benzene rings is 2. The summed E-state index contributed by atoms with van der Waals surface area (Å²) in [5, 5.41) is 21.8. The lowest BCUT2D eigenvalue weighted by Crippen LogP contribution is -2.30. The zero-order valence-electron chi connectivity index (χ0n) is 17.4. The van der Waals surface area contributed by atoms with Crippen LogP contribution in [0.2, 0.25) is 0 Å². The van der Waals surface area contributed by atoms with E-state index in [1.807, 2.05) is 18.4 Å². The van der Waals surface area contributed by atoms with Gasteiger partial charge in [-0.15, -0.1) is 11.8 Å². The van der Waals surface area contributed by atoms with Gasteiger partial charge >= 0.3 is 6.09 Å². The third kappa shape index (κ3) is 6.86. The third-order valence-electron chi connectivity index (χ3n) is 4.63. The lowest BCUT2D eigenvalue weighted by atomic mass is 9.96. The van der Waals surface area contributed by atoms with Gasteiger partial charge in [-0.1, -0.05) is 38.0 Å². The number of ketones is 1. The van der Waals surface area contributed by atoms with Gasteiger partial charge < -0.3 is 20.3 Å². The van der Waals surface area contributed by atoms with Crippen LogP contribution in [0.25, 0.3) is 0 Å². The number of amides is 1. The van der Waals surface area contributed by atoms with Crippen LogP contribution in [0.1, 0.15) is 59.3 Å². The van der Waals surface area contributed by atoms with Crippen LogP contribution >= 0.6 is 11.8 Å². The molecule has 0 aliphatic rings. The van der Waals surface area contributed by atoms with Gasteiger partial charge in [0.1, 0.15) is 0 Å². The normalized spacial score (nSPS) is 11.7. The molecule has 2 aromatic carbocycles. The van der Waals surface area contributed by atoms with E-state index in [2.05, 4.69) is 12.2 Å². The Labute approximate surface area is 181 Å². The summed E-state index contributed by atoms with van der Waals surface area (Å²) in [5.74, 6) is -0.370. The first kappa shape index (κ1) is 23.9. The first-order valence-electron chi connectivity index (χ1n) is 9.99. The van der Waals surface area contributed by atoms with Gasteiger partial charge in [-0.25, -0.2) is 4.79 Å². The summed E-state index contributed by atoms with van der Waals surface area (Å²) in [6.45, 7) is 2.03. The highest BCUT2D eigenvalue weighted by atomic mass is 32.2. The average molecular weight is 432 g/mol. The van der Waals surface area contributed by atoms with Gasteiger partial charge in [0.2, 0.25) is 5.78 Å².